The summed E-state index contributed by atoms with van der Waals surface area (Å²) in [6.45, 7) is 19.5. The van der Waals surface area contributed by atoms with Gasteiger partial charge < -0.3 is 4.74 Å². The smallest absolute Gasteiger partial charge is 0.108 e. The van der Waals surface area contributed by atoms with E-state index in [0.29, 0.717) is 24.4 Å². The Labute approximate surface area is 171 Å². The number of ether oxygens (including phenoxy) is 1. The second-order valence-corrected chi connectivity index (χ2v) is 8.61. The number of hydrogen-bond acceptors (Lipinski definition) is 5. The van der Waals surface area contributed by atoms with Gasteiger partial charge in [-0.05, 0) is 38.0 Å². The Morgan fingerprint density at radius 3 is 1.64 bits per heavy atom. The van der Waals surface area contributed by atoms with Crippen LogP contribution in [-0.4, -0.2) is 36.1 Å². The maximum atomic E-state index is 5.43. The van der Waals surface area contributed by atoms with E-state index in [4.69, 9.17) is 4.74 Å². The summed E-state index contributed by atoms with van der Waals surface area (Å²) < 4.78 is 9.23. The molecule has 0 aliphatic heterocycles. The van der Waals surface area contributed by atoms with Gasteiger partial charge in [-0.1, -0.05) is 59.4 Å². The molecule has 0 atom stereocenters. The van der Waals surface area contributed by atoms with Gasteiger partial charge in [0.25, 0.3) is 0 Å². The van der Waals surface area contributed by atoms with E-state index in [1.807, 2.05) is 29.4 Å². The van der Waals surface area contributed by atoms with Crippen molar-refractivity contribution >= 4 is 0 Å². The molecule has 0 N–H and O–H groups in total. The van der Waals surface area contributed by atoms with Crippen LogP contribution in [0.15, 0.2) is 12.4 Å². The van der Waals surface area contributed by atoms with Crippen LogP contribution >= 0.6 is 0 Å². The highest BCUT2D eigenvalue weighted by Crippen LogP contribution is 2.05. The van der Waals surface area contributed by atoms with Crippen molar-refractivity contribution in [2.45, 2.75) is 95.0 Å². The normalized spacial score (nSPS) is 11.1. The Hall–Kier alpha value is -1.76. The molecule has 0 spiro atoms. The van der Waals surface area contributed by atoms with Crippen LogP contribution < -0.4 is 0 Å². The van der Waals surface area contributed by atoms with Crippen molar-refractivity contribution in [3.63, 3.8) is 0 Å². The zero-order chi connectivity index (χ0) is 20.4. The van der Waals surface area contributed by atoms with Gasteiger partial charge in [-0.2, -0.15) is 0 Å². The standard InChI is InChI=1S/C10H19N3O.C10H19N3.CH4/c1-8(2)5-13-6-10(11-12-13)7-14-9(3)4;1-8(2)5-10-7-13(12-11-10)6-9(3)4;/h6,8-9H,5,7H2,1-4H3;7-9H,5-6H2,1-4H3;1H4. The minimum Gasteiger partial charge on any atom is -0.372 e. The molecule has 2 aromatic rings. The lowest BCUT2D eigenvalue weighted by Gasteiger charge is -2.04. The van der Waals surface area contributed by atoms with Crippen LogP contribution in [-0.2, 0) is 30.9 Å². The summed E-state index contributed by atoms with van der Waals surface area (Å²) in [5.74, 6) is 1.88. The van der Waals surface area contributed by atoms with Gasteiger partial charge in [-0.3, -0.25) is 9.36 Å². The fourth-order valence-electron chi connectivity index (χ4n) is 2.43. The van der Waals surface area contributed by atoms with Gasteiger partial charge in [-0.25, -0.2) is 0 Å². The average molecular weight is 395 g/mol. The third-order valence-corrected chi connectivity index (χ3v) is 3.46. The predicted octanol–water partition coefficient (Wildman–Crippen LogP) is 4.63. The van der Waals surface area contributed by atoms with Gasteiger partial charge in [0.1, 0.15) is 5.69 Å². The Morgan fingerprint density at radius 1 is 0.750 bits per heavy atom. The number of rotatable bonds is 9. The molecule has 2 rings (SSSR count). The van der Waals surface area contributed by atoms with Crippen LogP contribution in [0.2, 0.25) is 0 Å². The van der Waals surface area contributed by atoms with Crippen molar-refractivity contribution < 1.29 is 4.74 Å². The third kappa shape index (κ3) is 11.8. The quantitative estimate of drug-likeness (QED) is 0.620. The van der Waals surface area contributed by atoms with Gasteiger partial charge >= 0.3 is 0 Å². The van der Waals surface area contributed by atoms with E-state index in [1.165, 1.54) is 0 Å². The lowest BCUT2D eigenvalue weighted by Crippen LogP contribution is -2.04. The summed E-state index contributed by atoms with van der Waals surface area (Å²) in [5, 5.41) is 16.2. The van der Waals surface area contributed by atoms with E-state index in [1.54, 1.807) is 0 Å². The minimum absolute atomic E-state index is 0. The molecular weight excluding hydrogens is 352 g/mol. The van der Waals surface area contributed by atoms with E-state index in [-0.39, 0.29) is 13.5 Å². The van der Waals surface area contributed by atoms with E-state index in [0.717, 1.165) is 30.9 Å². The number of nitrogens with zero attached hydrogens (tertiary/aromatic N) is 6. The van der Waals surface area contributed by atoms with Gasteiger partial charge in [0, 0.05) is 19.3 Å². The van der Waals surface area contributed by atoms with E-state index in [9.17, 15) is 0 Å². The largest absolute Gasteiger partial charge is 0.372 e. The van der Waals surface area contributed by atoms with Crippen LogP contribution in [0.5, 0.6) is 0 Å². The van der Waals surface area contributed by atoms with Gasteiger partial charge in [0.05, 0.1) is 24.6 Å². The van der Waals surface area contributed by atoms with Crippen molar-refractivity contribution in [1.29, 1.82) is 0 Å². The van der Waals surface area contributed by atoms with Crippen molar-refractivity contribution in [1.82, 2.24) is 30.0 Å². The van der Waals surface area contributed by atoms with Crippen molar-refractivity contribution in [2.24, 2.45) is 17.8 Å². The molecule has 0 unspecified atom stereocenters. The summed E-state index contributed by atoms with van der Waals surface area (Å²) in [6.07, 6.45) is 5.27. The molecule has 0 amide bonds. The summed E-state index contributed by atoms with van der Waals surface area (Å²) in [7, 11) is 0. The van der Waals surface area contributed by atoms with Crippen molar-refractivity contribution in [3.05, 3.63) is 23.8 Å². The molecule has 2 heterocycles. The molecular formula is C21H42N6O. The van der Waals surface area contributed by atoms with Crippen LogP contribution in [0, 0.1) is 17.8 Å². The highest BCUT2D eigenvalue weighted by atomic mass is 16.5. The molecule has 2 aromatic heterocycles. The highest BCUT2D eigenvalue weighted by molar-refractivity contribution is 4.93. The van der Waals surface area contributed by atoms with E-state index >= 15 is 0 Å². The second-order valence-electron chi connectivity index (χ2n) is 8.61. The molecule has 162 valence electrons. The molecule has 7 nitrogen and oxygen atoms in total. The first-order valence-corrected chi connectivity index (χ1v) is 10.0. The number of hydrogen-bond donors (Lipinski definition) is 0. The van der Waals surface area contributed by atoms with Gasteiger partial charge in [-0.15, -0.1) is 10.2 Å². The number of aromatic nitrogens is 6. The summed E-state index contributed by atoms with van der Waals surface area (Å²) >= 11 is 0. The monoisotopic (exact) mass is 394 g/mol. The molecule has 7 heteroatoms. The molecule has 0 fully saturated rings. The average Bonchev–Trinajstić information content (AvgIpc) is 3.13. The maximum Gasteiger partial charge on any atom is 0.108 e. The summed E-state index contributed by atoms with van der Waals surface area (Å²) in [6, 6.07) is 0. The van der Waals surface area contributed by atoms with Crippen LogP contribution in [0.1, 0.15) is 74.2 Å². The first kappa shape index (κ1) is 26.2. The SMILES string of the molecule is C.CC(C)Cc1cn(CC(C)C)nn1.CC(C)Cn1cc(COC(C)C)nn1. The van der Waals surface area contributed by atoms with E-state index in [2.05, 4.69) is 68.4 Å². The predicted molar refractivity (Wildman–Crippen MR) is 115 cm³/mol. The Kier molecular flexibility index (Phi) is 12.6. The topological polar surface area (TPSA) is 70.7 Å². The molecule has 0 aliphatic rings. The molecule has 0 saturated heterocycles. The Morgan fingerprint density at radius 2 is 1.21 bits per heavy atom. The molecule has 0 radical (unpaired) electrons. The molecule has 0 aliphatic carbocycles. The Balaban J connectivity index is 0.000000504. The molecule has 0 bridgehead atoms. The zero-order valence-electron chi connectivity index (χ0n) is 18.4. The lowest BCUT2D eigenvalue weighted by molar-refractivity contribution is 0.0635. The highest BCUT2D eigenvalue weighted by Gasteiger charge is 2.04. The fourth-order valence-corrected chi connectivity index (χ4v) is 2.43. The van der Waals surface area contributed by atoms with Gasteiger partial charge in [0.2, 0.25) is 0 Å². The van der Waals surface area contributed by atoms with Crippen molar-refractivity contribution in [3.8, 4) is 0 Å². The molecule has 28 heavy (non-hydrogen) atoms. The molecule has 0 aromatic carbocycles. The first-order valence-electron chi connectivity index (χ1n) is 10.0. The summed E-state index contributed by atoms with van der Waals surface area (Å²) in [4.78, 5) is 0. The zero-order valence-corrected chi connectivity index (χ0v) is 18.4. The second kappa shape index (κ2) is 13.4. The Bertz CT molecular complexity index is 606. The summed E-state index contributed by atoms with van der Waals surface area (Å²) in [5.41, 5.74) is 2.01. The first-order chi connectivity index (χ1) is 12.7. The molecule has 0 saturated carbocycles. The van der Waals surface area contributed by atoms with E-state index < -0.39 is 0 Å². The maximum absolute atomic E-state index is 5.43. The van der Waals surface area contributed by atoms with Gasteiger partial charge in [0.15, 0.2) is 0 Å². The van der Waals surface area contributed by atoms with Crippen LogP contribution in [0.4, 0.5) is 0 Å². The van der Waals surface area contributed by atoms with Crippen LogP contribution in [0.25, 0.3) is 0 Å². The van der Waals surface area contributed by atoms with Crippen LogP contribution in [0.3, 0.4) is 0 Å². The van der Waals surface area contributed by atoms with Crippen molar-refractivity contribution in [2.75, 3.05) is 0 Å². The lowest BCUT2D eigenvalue weighted by atomic mass is 10.1. The minimum atomic E-state index is 0. The third-order valence-electron chi connectivity index (χ3n) is 3.46. The fraction of sp³-hybridized carbons (Fsp3) is 0.810.